The Morgan fingerprint density at radius 1 is 1.20 bits per heavy atom. The van der Waals surface area contributed by atoms with Gasteiger partial charge in [0.2, 0.25) is 0 Å². The van der Waals surface area contributed by atoms with Crippen molar-refractivity contribution >= 4 is 0 Å². The number of allylic oxidation sites excluding steroid dienone is 1. The molecule has 1 nitrogen and oxygen atoms in total. The smallest absolute Gasteiger partial charge is 0.0244 e. The van der Waals surface area contributed by atoms with Crippen molar-refractivity contribution in [3.8, 4) is 0 Å². The van der Waals surface area contributed by atoms with Crippen LogP contribution in [0, 0.1) is 11.8 Å². The molecule has 0 fully saturated rings. The van der Waals surface area contributed by atoms with E-state index in [9.17, 15) is 0 Å². The van der Waals surface area contributed by atoms with E-state index in [0.29, 0.717) is 0 Å². The molecule has 0 spiro atoms. The standard InChI is InChI=1S/C14H27N/c1-6-11-15(8-3)12-14(5)10-9-13(4)7-2/h6,8,11,13-14H,3,7,9-10,12H2,1-2,4-5H3/b11-6-. The normalized spacial score (nSPS) is 15.2. The van der Waals surface area contributed by atoms with E-state index in [4.69, 9.17) is 0 Å². The molecule has 0 radical (unpaired) electrons. The number of hydrogen-bond donors (Lipinski definition) is 0. The fraction of sp³-hybridized carbons (Fsp3) is 0.714. The van der Waals surface area contributed by atoms with Crippen LogP contribution in [0.15, 0.2) is 25.1 Å². The van der Waals surface area contributed by atoms with Crippen LogP contribution in [0.2, 0.25) is 0 Å². The summed E-state index contributed by atoms with van der Waals surface area (Å²) in [6.07, 6.45) is 10.0. The lowest BCUT2D eigenvalue weighted by Crippen LogP contribution is -2.18. The van der Waals surface area contributed by atoms with Crippen LogP contribution < -0.4 is 0 Å². The van der Waals surface area contributed by atoms with E-state index < -0.39 is 0 Å². The van der Waals surface area contributed by atoms with Gasteiger partial charge >= 0.3 is 0 Å². The minimum Gasteiger partial charge on any atom is -0.355 e. The first kappa shape index (κ1) is 14.3. The van der Waals surface area contributed by atoms with E-state index in [-0.39, 0.29) is 0 Å². The molecule has 0 aliphatic rings. The van der Waals surface area contributed by atoms with Crippen molar-refractivity contribution in [3.63, 3.8) is 0 Å². The van der Waals surface area contributed by atoms with E-state index in [1.807, 2.05) is 13.1 Å². The summed E-state index contributed by atoms with van der Waals surface area (Å²) >= 11 is 0. The minimum atomic E-state index is 0.744. The van der Waals surface area contributed by atoms with Gasteiger partial charge in [-0.25, -0.2) is 0 Å². The number of nitrogens with zero attached hydrogens (tertiary/aromatic N) is 1. The summed E-state index contributed by atoms with van der Waals surface area (Å²) in [4.78, 5) is 2.17. The van der Waals surface area contributed by atoms with E-state index in [0.717, 1.165) is 18.4 Å². The number of rotatable bonds is 8. The Kier molecular flexibility index (Phi) is 8.17. The lowest BCUT2D eigenvalue weighted by Gasteiger charge is -2.21. The Labute approximate surface area is 95.9 Å². The van der Waals surface area contributed by atoms with Crippen molar-refractivity contribution in [2.45, 2.75) is 47.0 Å². The van der Waals surface area contributed by atoms with Gasteiger partial charge in [-0.2, -0.15) is 0 Å². The SMILES string of the molecule is C=CN(/C=C\C)CC(C)CCC(C)CC. The summed E-state index contributed by atoms with van der Waals surface area (Å²) < 4.78 is 0. The fourth-order valence-corrected chi connectivity index (χ4v) is 1.61. The summed E-state index contributed by atoms with van der Waals surface area (Å²) in [5.41, 5.74) is 0. The molecule has 0 aromatic rings. The molecule has 0 aliphatic carbocycles. The molecule has 0 bridgehead atoms. The molecule has 0 saturated carbocycles. The van der Waals surface area contributed by atoms with Crippen molar-refractivity contribution in [1.29, 1.82) is 0 Å². The third-order valence-electron chi connectivity index (χ3n) is 2.95. The first-order valence-electron chi connectivity index (χ1n) is 6.15. The van der Waals surface area contributed by atoms with Crippen molar-refractivity contribution in [3.05, 3.63) is 25.1 Å². The van der Waals surface area contributed by atoms with Crippen LogP contribution in [-0.2, 0) is 0 Å². The molecule has 0 saturated heterocycles. The van der Waals surface area contributed by atoms with Crippen LogP contribution in [0.3, 0.4) is 0 Å². The molecule has 0 N–H and O–H groups in total. The van der Waals surface area contributed by atoms with E-state index >= 15 is 0 Å². The third kappa shape index (κ3) is 7.24. The Hall–Kier alpha value is -0.720. The van der Waals surface area contributed by atoms with Gasteiger partial charge in [0, 0.05) is 6.54 Å². The maximum Gasteiger partial charge on any atom is 0.0244 e. The first-order chi connectivity index (χ1) is 7.13. The highest BCUT2D eigenvalue weighted by molar-refractivity contribution is 4.86. The molecule has 0 amide bonds. The van der Waals surface area contributed by atoms with Crippen LogP contribution in [0.5, 0.6) is 0 Å². The van der Waals surface area contributed by atoms with Crippen molar-refractivity contribution in [2.75, 3.05) is 6.54 Å². The summed E-state index contributed by atoms with van der Waals surface area (Å²) in [6.45, 7) is 13.9. The molecular formula is C14H27N. The molecule has 15 heavy (non-hydrogen) atoms. The van der Waals surface area contributed by atoms with E-state index in [2.05, 4.69) is 44.5 Å². The largest absolute Gasteiger partial charge is 0.355 e. The maximum atomic E-state index is 3.82. The maximum absolute atomic E-state index is 3.82. The fourth-order valence-electron chi connectivity index (χ4n) is 1.61. The first-order valence-corrected chi connectivity index (χ1v) is 6.15. The molecule has 0 heterocycles. The molecule has 0 rings (SSSR count). The summed E-state index contributed by atoms with van der Waals surface area (Å²) in [5.74, 6) is 1.61. The van der Waals surface area contributed by atoms with Gasteiger partial charge in [0.05, 0.1) is 0 Å². The van der Waals surface area contributed by atoms with Gasteiger partial charge in [0.25, 0.3) is 0 Å². The second-order valence-electron chi connectivity index (χ2n) is 4.56. The Balaban J connectivity index is 3.80. The molecule has 2 unspecified atom stereocenters. The van der Waals surface area contributed by atoms with Gasteiger partial charge in [-0.15, -0.1) is 0 Å². The Morgan fingerprint density at radius 2 is 1.80 bits per heavy atom. The molecule has 2 atom stereocenters. The summed E-state index contributed by atoms with van der Waals surface area (Å²) in [7, 11) is 0. The van der Waals surface area contributed by atoms with Crippen LogP contribution in [0.1, 0.15) is 47.0 Å². The Morgan fingerprint density at radius 3 is 2.27 bits per heavy atom. The van der Waals surface area contributed by atoms with Crippen LogP contribution in [0.25, 0.3) is 0 Å². The average Bonchev–Trinajstić information content (AvgIpc) is 2.25. The second kappa shape index (κ2) is 8.58. The van der Waals surface area contributed by atoms with Gasteiger partial charge in [-0.3, -0.25) is 0 Å². The minimum absolute atomic E-state index is 0.744. The van der Waals surface area contributed by atoms with Gasteiger partial charge in [0.1, 0.15) is 0 Å². The topological polar surface area (TPSA) is 3.24 Å². The van der Waals surface area contributed by atoms with Crippen LogP contribution in [0.4, 0.5) is 0 Å². The third-order valence-corrected chi connectivity index (χ3v) is 2.95. The summed E-state index contributed by atoms with van der Waals surface area (Å²) in [6, 6.07) is 0. The highest BCUT2D eigenvalue weighted by atomic mass is 15.1. The van der Waals surface area contributed by atoms with Gasteiger partial charge in [0.15, 0.2) is 0 Å². The molecule has 0 aliphatic heterocycles. The zero-order valence-corrected chi connectivity index (χ0v) is 10.9. The zero-order chi connectivity index (χ0) is 11.7. The highest BCUT2D eigenvalue weighted by Crippen LogP contribution is 2.15. The Bertz CT molecular complexity index is 184. The lowest BCUT2D eigenvalue weighted by molar-refractivity contribution is 0.353. The van der Waals surface area contributed by atoms with E-state index in [1.165, 1.54) is 19.3 Å². The summed E-state index contributed by atoms with van der Waals surface area (Å²) in [5, 5.41) is 0. The molecule has 1 heteroatoms. The average molecular weight is 209 g/mol. The van der Waals surface area contributed by atoms with Gasteiger partial charge < -0.3 is 4.90 Å². The second-order valence-corrected chi connectivity index (χ2v) is 4.56. The monoisotopic (exact) mass is 209 g/mol. The predicted octanol–water partition coefficient (Wildman–Crippen LogP) is 4.43. The molecule has 0 aromatic carbocycles. The molecule has 88 valence electrons. The van der Waals surface area contributed by atoms with Crippen LogP contribution >= 0.6 is 0 Å². The zero-order valence-electron chi connectivity index (χ0n) is 10.9. The van der Waals surface area contributed by atoms with Crippen molar-refractivity contribution in [1.82, 2.24) is 4.90 Å². The van der Waals surface area contributed by atoms with Crippen molar-refractivity contribution in [2.24, 2.45) is 11.8 Å². The quantitative estimate of drug-likeness (QED) is 0.571. The van der Waals surface area contributed by atoms with E-state index in [1.54, 1.807) is 0 Å². The molecular weight excluding hydrogens is 182 g/mol. The van der Waals surface area contributed by atoms with Crippen molar-refractivity contribution < 1.29 is 0 Å². The van der Waals surface area contributed by atoms with Gasteiger partial charge in [-0.05, 0) is 37.6 Å². The number of hydrogen-bond acceptors (Lipinski definition) is 1. The van der Waals surface area contributed by atoms with Gasteiger partial charge in [-0.1, -0.05) is 46.3 Å². The lowest BCUT2D eigenvalue weighted by atomic mass is 9.96. The highest BCUT2D eigenvalue weighted by Gasteiger charge is 2.07. The van der Waals surface area contributed by atoms with Crippen LogP contribution in [-0.4, -0.2) is 11.4 Å². The predicted molar refractivity (Wildman–Crippen MR) is 69.6 cm³/mol. The molecule has 0 aromatic heterocycles.